The molecular formula is C17H20BrN. The van der Waals surface area contributed by atoms with Gasteiger partial charge >= 0.3 is 0 Å². The molecule has 0 radical (unpaired) electrons. The van der Waals surface area contributed by atoms with Crippen LogP contribution in [-0.4, -0.2) is 6.54 Å². The molecule has 0 bridgehead atoms. The predicted molar refractivity (Wildman–Crippen MR) is 85.4 cm³/mol. The quantitative estimate of drug-likeness (QED) is 0.846. The highest BCUT2D eigenvalue weighted by molar-refractivity contribution is 9.10. The van der Waals surface area contributed by atoms with Crippen molar-refractivity contribution in [3.05, 3.63) is 69.7 Å². The highest BCUT2D eigenvalue weighted by atomic mass is 79.9. The number of hydrogen-bond acceptors (Lipinski definition) is 1. The Hall–Kier alpha value is -1.12. The van der Waals surface area contributed by atoms with Gasteiger partial charge < -0.3 is 5.32 Å². The van der Waals surface area contributed by atoms with Crippen molar-refractivity contribution in [3.63, 3.8) is 0 Å². The summed E-state index contributed by atoms with van der Waals surface area (Å²) < 4.78 is 1.14. The summed E-state index contributed by atoms with van der Waals surface area (Å²) >= 11 is 3.55. The first-order valence-electron chi connectivity index (χ1n) is 6.73. The molecule has 0 aliphatic heterocycles. The van der Waals surface area contributed by atoms with E-state index in [4.69, 9.17) is 0 Å². The highest BCUT2D eigenvalue weighted by Gasteiger charge is 2.11. The molecule has 0 aliphatic rings. The summed E-state index contributed by atoms with van der Waals surface area (Å²) in [4.78, 5) is 0. The monoisotopic (exact) mass is 317 g/mol. The average Bonchev–Trinajstić information content (AvgIpc) is 2.41. The molecule has 100 valence electrons. The maximum absolute atomic E-state index is 3.57. The van der Waals surface area contributed by atoms with Crippen LogP contribution in [-0.2, 0) is 6.42 Å². The Morgan fingerprint density at radius 1 is 1.11 bits per heavy atom. The summed E-state index contributed by atoms with van der Waals surface area (Å²) in [6.07, 6.45) is 1.02. The van der Waals surface area contributed by atoms with E-state index in [0.29, 0.717) is 6.04 Å². The van der Waals surface area contributed by atoms with E-state index in [2.05, 4.69) is 83.6 Å². The van der Waals surface area contributed by atoms with Crippen molar-refractivity contribution in [2.45, 2.75) is 26.3 Å². The van der Waals surface area contributed by atoms with Crippen molar-refractivity contribution in [1.82, 2.24) is 5.32 Å². The Morgan fingerprint density at radius 2 is 1.84 bits per heavy atom. The third kappa shape index (κ3) is 4.19. The Morgan fingerprint density at radius 3 is 2.47 bits per heavy atom. The number of benzene rings is 2. The van der Waals surface area contributed by atoms with Crippen LogP contribution >= 0.6 is 15.9 Å². The van der Waals surface area contributed by atoms with Gasteiger partial charge in [0.1, 0.15) is 0 Å². The van der Waals surface area contributed by atoms with Gasteiger partial charge in [0, 0.05) is 10.5 Å². The van der Waals surface area contributed by atoms with Gasteiger partial charge in [0.2, 0.25) is 0 Å². The Bertz CT molecular complexity index is 519. The lowest BCUT2D eigenvalue weighted by atomic mass is 9.98. The Labute approximate surface area is 124 Å². The predicted octanol–water partition coefficient (Wildman–Crippen LogP) is 4.65. The third-order valence-corrected chi connectivity index (χ3v) is 3.76. The smallest absolute Gasteiger partial charge is 0.0361 e. The number of aryl methyl sites for hydroxylation is 1. The van der Waals surface area contributed by atoms with Crippen LogP contribution in [0, 0.1) is 6.92 Å². The van der Waals surface area contributed by atoms with E-state index in [9.17, 15) is 0 Å². The van der Waals surface area contributed by atoms with Crippen LogP contribution in [0.1, 0.15) is 29.7 Å². The van der Waals surface area contributed by atoms with Gasteiger partial charge in [-0.2, -0.15) is 0 Å². The molecule has 0 saturated carbocycles. The summed E-state index contributed by atoms with van der Waals surface area (Å²) in [5, 5.41) is 3.57. The molecule has 0 heterocycles. The summed E-state index contributed by atoms with van der Waals surface area (Å²) in [6, 6.07) is 17.7. The second kappa shape index (κ2) is 6.88. The maximum Gasteiger partial charge on any atom is 0.0361 e. The van der Waals surface area contributed by atoms with Crippen molar-refractivity contribution in [2.75, 3.05) is 6.54 Å². The maximum atomic E-state index is 3.57. The summed E-state index contributed by atoms with van der Waals surface area (Å²) in [6.45, 7) is 5.25. The molecule has 0 aromatic heterocycles. The first-order chi connectivity index (χ1) is 9.19. The zero-order valence-electron chi connectivity index (χ0n) is 11.5. The second-order valence-electron chi connectivity index (χ2n) is 4.85. The number of halogens is 1. The third-order valence-electron chi connectivity index (χ3n) is 3.26. The fourth-order valence-corrected chi connectivity index (χ4v) is 2.65. The van der Waals surface area contributed by atoms with Crippen LogP contribution in [0.25, 0.3) is 0 Å². The first kappa shape index (κ1) is 14.3. The van der Waals surface area contributed by atoms with Crippen LogP contribution in [0.2, 0.25) is 0 Å². The minimum Gasteiger partial charge on any atom is -0.310 e. The van der Waals surface area contributed by atoms with E-state index in [1.165, 1.54) is 16.7 Å². The molecule has 1 N–H and O–H groups in total. The van der Waals surface area contributed by atoms with Gasteiger partial charge in [-0.25, -0.2) is 0 Å². The number of hydrogen-bond donors (Lipinski definition) is 1. The molecule has 19 heavy (non-hydrogen) atoms. The van der Waals surface area contributed by atoms with E-state index in [0.717, 1.165) is 17.4 Å². The standard InChI is InChI=1S/C17H20BrN/c1-3-19-17(15-5-4-6-16(18)12-15)11-14-9-7-13(2)8-10-14/h4-10,12,17,19H,3,11H2,1-2H3. The fourth-order valence-electron chi connectivity index (χ4n) is 2.24. The van der Waals surface area contributed by atoms with E-state index >= 15 is 0 Å². The van der Waals surface area contributed by atoms with Gasteiger partial charge in [0.05, 0.1) is 0 Å². The molecule has 0 fully saturated rings. The van der Waals surface area contributed by atoms with Gasteiger partial charge in [-0.3, -0.25) is 0 Å². The minimum atomic E-state index is 0.366. The molecule has 2 aromatic rings. The average molecular weight is 318 g/mol. The Balaban J connectivity index is 2.18. The summed E-state index contributed by atoms with van der Waals surface area (Å²) in [7, 11) is 0. The zero-order chi connectivity index (χ0) is 13.7. The van der Waals surface area contributed by atoms with Crippen molar-refractivity contribution in [3.8, 4) is 0 Å². The largest absolute Gasteiger partial charge is 0.310 e. The van der Waals surface area contributed by atoms with Crippen molar-refractivity contribution in [2.24, 2.45) is 0 Å². The molecule has 2 rings (SSSR count). The molecule has 0 amide bonds. The first-order valence-corrected chi connectivity index (χ1v) is 7.52. The van der Waals surface area contributed by atoms with Crippen molar-refractivity contribution < 1.29 is 0 Å². The van der Waals surface area contributed by atoms with E-state index in [1.807, 2.05) is 0 Å². The van der Waals surface area contributed by atoms with Crippen molar-refractivity contribution in [1.29, 1.82) is 0 Å². The molecule has 1 nitrogen and oxygen atoms in total. The lowest BCUT2D eigenvalue weighted by molar-refractivity contribution is 0.549. The Kier molecular flexibility index (Phi) is 5.17. The molecular weight excluding hydrogens is 298 g/mol. The molecule has 2 heteroatoms. The number of likely N-dealkylation sites (N-methyl/N-ethyl adjacent to an activating group) is 1. The number of nitrogens with one attached hydrogen (secondary N) is 1. The molecule has 0 spiro atoms. The van der Waals surface area contributed by atoms with Crippen LogP contribution in [0.5, 0.6) is 0 Å². The van der Waals surface area contributed by atoms with Gasteiger partial charge in [-0.05, 0) is 43.1 Å². The van der Waals surface area contributed by atoms with E-state index < -0.39 is 0 Å². The SMILES string of the molecule is CCNC(Cc1ccc(C)cc1)c1cccc(Br)c1. The van der Waals surface area contributed by atoms with Gasteiger partial charge in [0.15, 0.2) is 0 Å². The lowest BCUT2D eigenvalue weighted by Crippen LogP contribution is -2.22. The fraction of sp³-hybridized carbons (Fsp3) is 0.294. The second-order valence-corrected chi connectivity index (χ2v) is 5.77. The molecule has 0 saturated heterocycles. The molecule has 1 atom stereocenters. The van der Waals surface area contributed by atoms with Crippen LogP contribution in [0.4, 0.5) is 0 Å². The van der Waals surface area contributed by atoms with E-state index in [1.54, 1.807) is 0 Å². The van der Waals surface area contributed by atoms with Crippen LogP contribution in [0.3, 0.4) is 0 Å². The van der Waals surface area contributed by atoms with Gasteiger partial charge in [-0.1, -0.05) is 64.8 Å². The van der Waals surface area contributed by atoms with Gasteiger partial charge in [0.25, 0.3) is 0 Å². The minimum absolute atomic E-state index is 0.366. The topological polar surface area (TPSA) is 12.0 Å². The highest BCUT2D eigenvalue weighted by Crippen LogP contribution is 2.22. The molecule has 1 unspecified atom stereocenters. The van der Waals surface area contributed by atoms with Crippen LogP contribution < -0.4 is 5.32 Å². The summed E-state index contributed by atoms with van der Waals surface area (Å²) in [5.74, 6) is 0. The molecule has 2 aromatic carbocycles. The normalized spacial score (nSPS) is 12.4. The van der Waals surface area contributed by atoms with Gasteiger partial charge in [-0.15, -0.1) is 0 Å². The van der Waals surface area contributed by atoms with Crippen molar-refractivity contribution >= 4 is 15.9 Å². The zero-order valence-corrected chi connectivity index (χ0v) is 13.1. The lowest BCUT2D eigenvalue weighted by Gasteiger charge is -2.19. The molecule has 0 aliphatic carbocycles. The number of rotatable bonds is 5. The van der Waals surface area contributed by atoms with Crippen LogP contribution in [0.15, 0.2) is 53.0 Å². The van der Waals surface area contributed by atoms with E-state index in [-0.39, 0.29) is 0 Å². The summed E-state index contributed by atoms with van der Waals surface area (Å²) in [5.41, 5.74) is 4.01.